The Kier molecular flexibility index (Phi) is 10.5. The van der Waals surface area contributed by atoms with Gasteiger partial charge in [0.25, 0.3) is 5.92 Å². The molecule has 268 valence electrons. The summed E-state index contributed by atoms with van der Waals surface area (Å²) in [5.74, 6) is -3.94. The van der Waals surface area contributed by atoms with Gasteiger partial charge in [0.05, 0.1) is 44.7 Å². The zero-order valence-corrected chi connectivity index (χ0v) is 29.6. The van der Waals surface area contributed by atoms with Gasteiger partial charge in [-0.3, -0.25) is 9.59 Å². The standard InChI is InChI=1S/C34H47ClF2N7O4S/c1-44(20-12-38)21-18-41(19-22-44)33(46)25-4-6-26(7-5-25)34(36,37)27-23-30(35)39-31(24-27)40-14-16-42(17-15-40)49(47,48)29-10-8-28(9-11-29)43-13-2-3-32(43)45/h8-11,23-26H,2-7,12-22,38H2,1H3/q+1. The highest BCUT2D eigenvalue weighted by molar-refractivity contribution is 7.89. The van der Waals surface area contributed by atoms with E-state index in [0.717, 1.165) is 30.5 Å². The van der Waals surface area contributed by atoms with Gasteiger partial charge >= 0.3 is 0 Å². The average Bonchev–Trinajstić information content (AvgIpc) is 3.54. The van der Waals surface area contributed by atoms with Crippen molar-refractivity contribution >= 4 is 44.9 Å². The SMILES string of the molecule is C[N+]1(CCN)CCN(C(=O)C2CCC(C(F)(F)c3cc(Cl)nc(N4CCN(S(=O)(=O)c5ccc(N6CCCC6=O)cc5)CC4)c3)CC2)CC1. The molecule has 2 aromatic rings. The summed E-state index contributed by atoms with van der Waals surface area (Å²) in [6.45, 7) is 5.94. The van der Waals surface area contributed by atoms with Crippen molar-refractivity contribution in [3.8, 4) is 0 Å². The Morgan fingerprint density at radius 3 is 2.24 bits per heavy atom. The largest absolute Gasteiger partial charge is 0.354 e. The van der Waals surface area contributed by atoms with E-state index in [9.17, 15) is 18.0 Å². The molecule has 11 nitrogen and oxygen atoms in total. The van der Waals surface area contributed by atoms with E-state index in [2.05, 4.69) is 12.0 Å². The maximum absolute atomic E-state index is 16.0. The number of aromatic nitrogens is 1. The first-order chi connectivity index (χ1) is 23.3. The monoisotopic (exact) mass is 722 g/mol. The lowest BCUT2D eigenvalue weighted by Crippen LogP contribution is -2.60. The third-order valence-corrected chi connectivity index (χ3v) is 13.1. The molecule has 3 saturated heterocycles. The van der Waals surface area contributed by atoms with Gasteiger partial charge in [-0.2, -0.15) is 4.31 Å². The van der Waals surface area contributed by atoms with Crippen LogP contribution in [0.1, 0.15) is 44.1 Å². The van der Waals surface area contributed by atoms with Crippen LogP contribution in [-0.4, -0.2) is 118 Å². The minimum absolute atomic E-state index is 0.0286. The molecule has 2 N–H and O–H groups in total. The Labute approximate surface area is 292 Å². The molecule has 1 saturated carbocycles. The van der Waals surface area contributed by atoms with Crippen LogP contribution < -0.4 is 15.5 Å². The summed E-state index contributed by atoms with van der Waals surface area (Å²) in [5.41, 5.74) is 6.22. The molecule has 4 aliphatic rings. The van der Waals surface area contributed by atoms with Crippen LogP contribution in [0.3, 0.4) is 0 Å². The van der Waals surface area contributed by atoms with Crippen LogP contribution in [0, 0.1) is 11.8 Å². The Morgan fingerprint density at radius 2 is 1.65 bits per heavy atom. The van der Waals surface area contributed by atoms with Crippen molar-refractivity contribution in [3.63, 3.8) is 0 Å². The molecular weight excluding hydrogens is 676 g/mol. The summed E-state index contributed by atoms with van der Waals surface area (Å²) < 4.78 is 61.1. The van der Waals surface area contributed by atoms with Gasteiger partial charge in [0.2, 0.25) is 21.8 Å². The maximum Gasteiger partial charge on any atom is 0.276 e. The molecule has 1 aromatic heterocycles. The lowest BCUT2D eigenvalue weighted by atomic mass is 9.77. The number of benzene rings is 1. The fourth-order valence-electron chi connectivity index (χ4n) is 7.76. The number of alkyl halides is 2. The predicted octanol–water partition coefficient (Wildman–Crippen LogP) is 3.52. The smallest absolute Gasteiger partial charge is 0.276 e. The molecule has 1 aliphatic carbocycles. The number of hydrogen-bond donors (Lipinski definition) is 1. The molecule has 4 heterocycles. The lowest BCUT2D eigenvalue weighted by Gasteiger charge is -2.43. The zero-order chi connectivity index (χ0) is 35.0. The Morgan fingerprint density at radius 1 is 1.00 bits per heavy atom. The molecule has 0 atom stereocenters. The molecule has 1 aromatic carbocycles. The van der Waals surface area contributed by atoms with Crippen LogP contribution in [0.25, 0.3) is 0 Å². The number of pyridine rings is 1. The molecule has 0 unspecified atom stereocenters. The second-order valence-corrected chi connectivity index (χ2v) is 16.5. The first-order valence-electron chi connectivity index (χ1n) is 17.3. The van der Waals surface area contributed by atoms with Crippen LogP contribution in [-0.2, 0) is 25.5 Å². The summed E-state index contributed by atoms with van der Waals surface area (Å²) in [6, 6.07) is 8.93. The number of piperazine rings is 2. The van der Waals surface area contributed by atoms with Crippen LogP contribution in [0.4, 0.5) is 20.3 Å². The highest BCUT2D eigenvalue weighted by atomic mass is 35.5. The highest BCUT2D eigenvalue weighted by Gasteiger charge is 2.45. The summed E-state index contributed by atoms with van der Waals surface area (Å²) in [4.78, 5) is 35.1. The minimum Gasteiger partial charge on any atom is -0.354 e. The fourth-order valence-corrected chi connectivity index (χ4v) is 9.39. The number of quaternary nitrogens is 1. The number of likely N-dealkylation sites (N-methyl/N-ethyl adjacent to an activating group) is 1. The van der Waals surface area contributed by atoms with E-state index >= 15 is 8.78 Å². The van der Waals surface area contributed by atoms with Gasteiger partial charge in [-0.15, -0.1) is 0 Å². The number of halogens is 3. The second-order valence-electron chi connectivity index (χ2n) is 14.1. The molecule has 6 rings (SSSR count). The molecule has 4 fully saturated rings. The second kappa shape index (κ2) is 14.4. The van der Waals surface area contributed by atoms with E-state index in [-0.39, 0.29) is 78.2 Å². The van der Waals surface area contributed by atoms with Crippen molar-refractivity contribution in [1.29, 1.82) is 0 Å². The van der Waals surface area contributed by atoms with Gasteiger partial charge in [-0.05, 0) is 68.5 Å². The highest BCUT2D eigenvalue weighted by Crippen LogP contribution is 2.46. The van der Waals surface area contributed by atoms with Gasteiger partial charge in [0, 0.05) is 68.8 Å². The lowest BCUT2D eigenvalue weighted by molar-refractivity contribution is -0.911. The number of carbonyl (C=O) groups is 2. The number of nitrogens with zero attached hydrogens (tertiary/aromatic N) is 6. The molecular formula is C34H47ClF2N7O4S+. The third kappa shape index (κ3) is 7.58. The van der Waals surface area contributed by atoms with Crippen molar-refractivity contribution < 1.29 is 31.3 Å². The molecule has 0 spiro atoms. The van der Waals surface area contributed by atoms with Gasteiger partial charge in [0.1, 0.15) is 11.0 Å². The zero-order valence-electron chi connectivity index (χ0n) is 28.1. The number of rotatable bonds is 9. The molecule has 49 heavy (non-hydrogen) atoms. The number of anilines is 2. The van der Waals surface area contributed by atoms with Crippen molar-refractivity contribution in [3.05, 3.63) is 47.1 Å². The van der Waals surface area contributed by atoms with Crippen LogP contribution in [0.5, 0.6) is 0 Å². The van der Waals surface area contributed by atoms with Gasteiger partial charge in [0.15, 0.2) is 0 Å². The molecule has 0 radical (unpaired) electrons. The number of amides is 2. The summed E-state index contributed by atoms with van der Waals surface area (Å²) in [6.07, 6.45) is 2.58. The minimum atomic E-state index is -3.80. The summed E-state index contributed by atoms with van der Waals surface area (Å²) >= 11 is 6.29. The van der Waals surface area contributed by atoms with Crippen molar-refractivity contribution in [1.82, 2.24) is 14.2 Å². The van der Waals surface area contributed by atoms with Crippen molar-refractivity contribution in [2.24, 2.45) is 17.6 Å². The van der Waals surface area contributed by atoms with E-state index in [1.165, 1.54) is 28.6 Å². The number of hydrogen-bond acceptors (Lipinski definition) is 7. The summed E-state index contributed by atoms with van der Waals surface area (Å²) in [7, 11) is -1.64. The van der Waals surface area contributed by atoms with E-state index in [4.69, 9.17) is 17.3 Å². The Balaban J connectivity index is 1.05. The number of nitrogens with two attached hydrogens (primary N) is 1. The third-order valence-electron chi connectivity index (χ3n) is 11.0. The van der Waals surface area contributed by atoms with Gasteiger partial charge < -0.3 is 24.9 Å². The Hall–Kier alpha value is -2.91. The number of carbonyl (C=O) groups excluding carboxylic acids is 2. The molecule has 15 heteroatoms. The first-order valence-corrected chi connectivity index (χ1v) is 19.2. The molecule has 3 aliphatic heterocycles. The normalized spacial score (nSPS) is 24.0. The van der Waals surface area contributed by atoms with Crippen molar-refractivity contribution in [2.45, 2.75) is 49.3 Å². The average molecular weight is 723 g/mol. The quantitative estimate of drug-likeness (QED) is 0.311. The fraction of sp³-hybridized carbons (Fsp3) is 0.618. The topological polar surface area (TPSA) is 120 Å². The molecule has 2 amide bonds. The predicted molar refractivity (Wildman–Crippen MR) is 184 cm³/mol. The van der Waals surface area contributed by atoms with Crippen molar-refractivity contribution in [2.75, 3.05) is 88.8 Å². The maximum atomic E-state index is 16.0. The Bertz CT molecular complexity index is 1620. The van der Waals surface area contributed by atoms with Crippen LogP contribution >= 0.6 is 11.6 Å². The van der Waals surface area contributed by atoms with E-state index in [1.54, 1.807) is 21.9 Å². The first kappa shape index (κ1) is 35.9. The van der Waals surface area contributed by atoms with E-state index in [1.807, 2.05) is 4.90 Å². The van der Waals surface area contributed by atoms with Crippen LogP contribution in [0.2, 0.25) is 5.15 Å². The van der Waals surface area contributed by atoms with E-state index in [0.29, 0.717) is 51.1 Å². The van der Waals surface area contributed by atoms with Crippen LogP contribution in [0.15, 0.2) is 41.3 Å². The van der Waals surface area contributed by atoms with Gasteiger partial charge in [-0.25, -0.2) is 22.2 Å². The molecule has 0 bridgehead atoms. The summed E-state index contributed by atoms with van der Waals surface area (Å²) in [5, 5.41) is -0.0483. The van der Waals surface area contributed by atoms with Gasteiger partial charge in [-0.1, -0.05) is 11.6 Å². The van der Waals surface area contributed by atoms with E-state index < -0.39 is 21.9 Å². The number of sulfonamides is 1.